The molecular formula is C21H21Cl2FN4O6. The molecule has 0 bridgehead atoms. The standard InChI is InChI=1S/C21H21Cl2FN4O6/c22-16-3-1-14(9-18(16)24)34-12-21(30)26-27-7-5-13(6-8-27)25-20(29)11-33-15-2-4-17(23)19(10-15)28(31)32/h1-4,9-10,13H,5-8,11-12H2,(H,25,29)(H,26,30). The second kappa shape index (κ2) is 11.8. The lowest BCUT2D eigenvalue weighted by Crippen LogP contribution is -2.52. The number of rotatable bonds is 9. The van der Waals surface area contributed by atoms with Crippen LogP contribution in [0.2, 0.25) is 10.0 Å². The molecule has 1 aliphatic rings. The van der Waals surface area contributed by atoms with Gasteiger partial charge in [-0.3, -0.25) is 25.1 Å². The average molecular weight is 515 g/mol. The molecule has 13 heteroatoms. The third kappa shape index (κ3) is 7.44. The van der Waals surface area contributed by atoms with E-state index in [1.165, 1.54) is 24.3 Å². The highest BCUT2D eigenvalue weighted by Gasteiger charge is 2.22. The molecule has 3 rings (SSSR count). The van der Waals surface area contributed by atoms with Gasteiger partial charge in [0.15, 0.2) is 13.2 Å². The van der Waals surface area contributed by atoms with Gasteiger partial charge < -0.3 is 14.8 Å². The molecule has 0 saturated carbocycles. The van der Waals surface area contributed by atoms with Gasteiger partial charge >= 0.3 is 0 Å². The Balaban J connectivity index is 1.35. The molecule has 0 aromatic heterocycles. The summed E-state index contributed by atoms with van der Waals surface area (Å²) in [6.45, 7) is 0.392. The molecule has 0 atom stereocenters. The Kier molecular flexibility index (Phi) is 8.85. The average Bonchev–Trinajstić information content (AvgIpc) is 2.80. The number of hydrazine groups is 1. The molecule has 0 aliphatic carbocycles. The topological polar surface area (TPSA) is 123 Å². The summed E-state index contributed by atoms with van der Waals surface area (Å²) in [5.41, 5.74) is 2.40. The number of hydrogen-bond acceptors (Lipinski definition) is 7. The maximum atomic E-state index is 13.4. The van der Waals surface area contributed by atoms with Crippen LogP contribution in [0.5, 0.6) is 11.5 Å². The van der Waals surface area contributed by atoms with Gasteiger partial charge in [0.25, 0.3) is 17.5 Å². The van der Waals surface area contributed by atoms with Gasteiger partial charge in [-0.05, 0) is 37.1 Å². The van der Waals surface area contributed by atoms with Crippen molar-refractivity contribution in [1.82, 2.24) is 15.8 Å². The van der Waals surface area contributed by atoms with E-state index in [-0.39, 0.29) is 52.4 Å². The van der Waals surface area contributed by atoms with E-state index in [2.05, 4.69) is 10.7 Å². The van der Waals surface area contributed by atoms with Crippen LogP contribution in [0.4, 0.5) is 10.1 Å². The predicted molar refractivity (Wildman–Crippen MR) is 121 cm³/mol. The van der Waals surface area contributed by atoms with Crippen molar-refractivity contribution in [3.8, 4) is 11.5 Å². The number of nitro benzene ring substituents is 1. The Hall–Kier alpha value is -3.15. The summed E-state index contributed by atoms with van der Waals surface area (Å²) >= 11 is 11.4. The van der Waals surface area contributed by atoms with Crippen molar-refractivity contribution >= 4 is 40.7 Å². The van der Waals surface area contributed by atoms with E-state index in [1.54, 1.807) is 5.01 Å². The normalized spacial score (nSPS) is 14.3. The van der Waals surface area contributed by atoms with Crippen molar-refractivity contribution in [2.45, 2.75) is 18.9 Å². The second-order valence-electron chi connectivity index (χ2n) is 7.39. The fourth-order valence-electron chi connectivity index (χ4n) is 3.20. The number of nitro groups is 1. The molecule has 2 aromatic carbocycles. The van der Waals surface area contributed by atoms with Crippen molar-refractivity contribution in [1.29, 1.82) is 0 Å². The summed E-state index contributed by atoms with van der Waals surface area (Å²) in [5.74, 6) is -1.06. The number of amides is 2. The number of piperidine rings is 1. The van der Waals surface area contributed by atoms with Crippen LogP contribution in [0.3, 0.4) is 0 Å². The Labute approximate surface area is 204 Å². The van der Waals surface area contributed by atoms with Crippen molar-refractivity contribution in [3.63, 3.8) is 0 Å². The second-order valence-corrected chi connectivity index (χ2v) is 8.20. The zero-order valence-corrected chi connectivity index (χ0v) is 19.3. The van der Waals surface area contributed by atoms with Gasteiger partial charge in [0, 0.05) is 25.2 Å². The van der Waals surface area contributed by atoms with Gasteiger partial charge in [-0.15, -0.1) is 0 Å². The molecule has 0 unspecified atom stereocenters. The maximum Gasteiger partial charge on any atom is 0.291 e. The maximum absolute atomic E-state index is 13.4. The molecule has 1 aliphatic heterocycles. The van der Waals surface area contributed by atoms with Crippen molar-refractivity contribution < 1.29 is 28.4 Å². The minimum atomic E-state index is -0.636. The van der Waals surface area contributed by atoms with E-state index in [4.69, 9.17) is 32.7 Å². The monoisotopic (exact) mass is 514 g/mol. The highest BCUT2D eigenvalue weighted by atomic mass is 35.5. The summed E-state index contributed by atoms with van der Waals surface area (Å²) in [6.07, 6.45) is 1.17. The molecule has 2 aromatic rings. The van der Waals surface area contributed by atoms with Gasteiger partial charge in [0.1, 0.15) is 22.3 Å². The number of nitrogens with zero attached hydrogens (tertiary/aromatic N) is 2. The molecule has 2 N–H and O–H groups in total. The van der Waals surface area contributed by atoms with E-state index in [0.29, 0.717) is 25.9 Å². The molecular weight excluding hydrogens is 494 g/mol. The number of carbonyl (C=O) groups excluding carboxylic acids is 2. The van der Waals surface area contributed by atoms with Crippen molar-refractivity contribution in [3.05, 3.63) is 62.4 Å². The van der Waals surface area contributed by atoms with E-state index < -0.39 is 16.6 Å². The fraction of sp³-hybridized carbons (Fsp3) is 0.333. The zero-order valence-electron chi connectivity index (χ0n) is 17.8. The third-order valence-electron chi connectivity index (χ3n) is 4.89. The summed E-state index contributed by atoms with van der Waals surface area (Å²) in [4.78, 5) is 34.5. The molecule has 1 fully saturated rings. The quantitative estimate of drug-likeness (QED) is 0.389. The number of benzene rings is 2. The lowest BCUT2D eigenvalue weighted by atomic mass is 10.1. The van der Waals surface area contributed by atoms with Gasteiger partial charge in [0.05, 0.1) is 16.0 Å². The first-order valence-corrected chi connectivity index (χ1v) is 10.9. The van der Waals surface area contributed by atoms with E-state index in [0.717, 1.165) is 12.1 Å². The van der Waals surface area contributed by atoms with E-state index >= 15 is 0 Å². The van der Waals surface area contributed by atoms with Gasteiger partial charge in [-0.2, -0.15) is 0 Å². The van der Waals surface area contributed by atoms with Crippen LogP contribution < -0.4 is 20.2 Å². The molecule has 1 saturated heterocycles. The van der Waals surface area contributed by atoms with Crippen LogP contribution in [0.15, 0.2) is 36.4 Å². The highest BCUT2D eigenvalue weighted by molar-refractivity contribution is 6.32. The molecule has 1 heterocycles. The van der Waals surface area contributed by atoms with Gasteiger partial charge in [-0.25, -0.2) is 9.40 Å². The molecule has 182 valence electrons. The van der Waals surface area contributed by atoms with Gasteiger partial charge in [-0.1, -0.05) is 23.2 Å². The fourth-order valence-corrected chi connectivity index (χ4v) is 3.50. The first kappa shape index (κ1) is 25.5. The lowest BCUT2D eigenvalue weighted by Gasteiger charge is -2.32. The first-order valence-electron chi connectivity index (χ1n) is 10.2. The van der Waals surface area contributed by atoms with Crippen molar-refractivity contribution in [2.75, 3.05) is 26.3 Å². The van der Waals surface area contributed by atoms with Crippen LogP contribution in [-0.4, -0.2) is 54.1 Å². The van der Waals surface area contributed by atoms with Crippen LogP contribution in [0.25, 0.3) is 0 Å². The number of halogens is 3. The Morgan fingerprint density at radius 3 is 2.24 bits per heavy atom. The lowest BCUT2D eigenvalue weighted by molar-refractivity contribution is -0.384. The predicted octanol–water partition coefficient (Wildman–Crippen LogP) is 3.11. The van der Waals surface area contributed by atoms with E-state index in [1.807, 2.05) is 0 Å². The molecule has 10 nitrogen and oxygen atoms in total. The van der Waals surface area contributed by atoms with Crippen LogP contribution in [0, 0.1) is 15.9 Å². The zero-order chi connectivity index (χ0) is 24.7. The molecule has 0 radical (unpaired) electrons. The first-order chi connectivity index (χ1) is 16.2. The smallest absolute Gasteiger partial charge is 0.291 e. The van der Waals surface area contributed by atoms with Crippen LogP contribution in [0.1, 0.15) is 12.8 Å². The number of hydrogen-bond donors (Lipinski definition) is 2. The Morgan fingerprint density at radius 2 is 1.62 bits per heavy atom. The Morgan fingerprint density at radius 1 is 1.03 bits per heavy atom. The van der Waals surface area contributed by atoms with Crippen molar-refractivity contribution in [2.24, 2.45) is 0 Å². The molecule has 2 amide bonds. The third-order valence-corrected chi connectivity index (χ3v) is 5.51. The minimum absolute atomic E-state index is 0.0221. The van der Waals surface area contributed by atoms with Crippen LogP contribution >= 0.6 is 23.2 Å². The molecule has 0 spiro atoms. The summed E-state index contributed by atoms with van der Waals surface area (Å²) in [7, 11) is 0. The van der Waals surface area contributed by atoms with E-state index in [9.17, 15) is 24.1 Å². The van der Waals surface area contributed by atoms with Gasteiger partial charge in [0.2, 0.25) is 0 Å². The molecule has 34 heavy (non-hydrogen) atoms. The highest BCUT2D eigenvalue weighted by Crippen LogP contribution is 2.28. The largest absolute Gasteiger partial charge is 0.484 e. The number of ether oxygens (including phenoxy) is 2. The number of carbonyl (C=O) groups is 2. The SMILES string of the molecule is O=C(COc1ccc(Cl)c([N+](=O)[O-])c1)NC1CCN(NC(=O)COc2ccc(Cl)c(F)c2)CC1. The summed E-state index contributed by atoms with van der Waals surface area (Å²) in [6, 6.07) is 7.72. The summed E-state index contributed by atoms with van der Waals surface area (Å²) in [5, 5.41) is 15.4. The summed E-state index contributed by atoms with van der Waals surface area (Å²) < 4.78 is 24.0. The minimum Gasteiger partial charge on any atom is -0.484 e. The van der Waals surface area contributed by atoms with Crippen LogP contribution in [-0.2, 0) is 9.59 Å². The Bertz CT molecular complexity index is 1070. The number of nitrogens with one attached hydrogen (secondary N) is 2.